The number of carbonyl (C=O) groups is 1. The van der Waals surface area contributed by atoms with Gasteiger partial charge in [0.1, 0.15) is 22.4 Å². The second-order valence-corrected chi connectivity index (χ2v) is 9.22. The normalized spacial score (nSPS) is 13.2. The summed E-state index contributed by atoms with van der Waals surface area (Å²) in [7, 11) is 3.15. The fourth-order valence-corrected chi connectivity index (χ4v) is 5.45. The van der Waals surface area contributed by atoms with Crippen LogP contribution in [0.1, 0.15) is 39.2 Å². The highest BCUT2D eigenvalue weighted by Gasteiger charge is 2.22. The van der Waals surface area contributed by atoms with E-state index in [2.05, 4.69) is 11.4 Å². The molecule has 0 radical (unpaired) electrons. The molecule has 2 heterocycles. The summed E-state index contributed by atoms with van der Waals surface area (Å²) in [6.45, 7) is 0. The van der Waals surface area contributed by atoms with Crippen molar-refractivity contribution in [3.63, 3.8) is 0 Å². The minimum absolute atomic E-state index is 0.128. The molecule has 35 heavy (non-hydrogen) atoms. The molecule has 1 aliphatic rings. The Bertz CT molecular complexity index is 1530. The number of nitrogens with one attached hydrogen (secondary N) is 1. The number of nitriles is 1. The molecule has 0 unspecified atom stereocenters. The molecule has 1 N–H and O–H groups in total. The van der Waals surface area contributed by atoms with Crippen molar-refractivity contribution in [1.29, 1.82) is 5.26 Å². The lowest BCUT2D eigenvalue weighted by Gasteiger charge is -2.09. The van der Waals surface area contributed by atoms with Crippen molar-refractivity contribution in [3.8, 4) is 17.6 Å². The Morgan fingerprint density at radius 1 is 1.11 bits per heavy atom. The fraction of sp³-hybridized carbons (Fsp3) is 0.222. The van der Waals surface area contributed by atoms with Crippen LogP contribution in [0.4, 0.5) is 10.7 Å². The highest BCUT2D eigenvalue weighted by Crippen LogP contribution is 2.39. The monoisotopic (exact) mass is 485 g/mol. The summed E-state index contributed by atoms with van der Waals surface area (Å²) < 4.78 is 16.8. The van der Waals surface area contributed by atoms with E-state index >= 15 is 0 Å². The van der Waals surface area contributed by atoms with Crippen LogP contribution in [0.5, 0.6) is 11.5 Å². The number of hydrogen-bond donors (Lipinski definition) is 1. The van der Waals surface area contributed by atoms with Crippen LogP contribution in [-0.4, -0.2) is 20.1 Å². The molecule has 7 nitrogen and oxygen atoms in total. The van der Waals surface area contributed by atoms with E-state index in [1.807, 2.05) is 12.1 Å². The topological polar surface area (TPSA) is 96.8 Å². The van der Waals surface area contributed by atoms with Gasteiger partial charge in [-0.2, -0.15) is 5.26 Å². The van der Waals surface area contributed by atoms with Crippen molar-refractivity contribution >= 4 is 38.9 Å². The second kappa shape index (κ2) is 9.65. The van der Waals surface area contributed by atoms with Crippen LogP contribution < -0.4 is 20.3 Å². The summed E-state index contributed by atoms with van der Waals surface area (Å²) in [5.74, 6) is 0.853. The molecular weight excluding hydrogens is 462 g/mol. The maximum atomic E-state index is 13.4. The van der Waals surface area contributed by atoms with Crippen LogP contribution in [0.3, 0.4) is 0 Å². The highest BCUT2D eigenvalue weighted by molar-refractivity contribution is 7.16. The van der Waals surface area contributed by atoms with Crippen molar-refractivity contribution in [2.75, 3.05) is 19.5 Å². The lowest BCUT2D eigenvalue weighted by molar-refractivity contribution is 0.102. The number of thiophene rings is 1. The zero-order valence-corrected chi connectivity index (χ0v) is 20.2. The number of amides is 1. The summed E-state index contributed by atoms with van der Waals surface area (Å²) in [4.78, 5) is 19.3. The Hall–Kier alpha value is -4.09. The quantitative estimate of drug-likeness (QED) is 0.388. The van der Waals surface area contributed by atoms with Gasteiger partial charge in [0.2, 0.25) is 5.55 Å². The first-order valence-corrected chi connectivity index (χ1v) is 12.1. The molecule has 2 aromatic carbocycles. The van der Waals surface area contributed by atoms with Gasteiger partial charge in [0, 0.05) is 16.0 Å². The molecule has 2 aromatic heterocycles. The molecular formula is C27H23N3O4S. The molecule has 0 atom stereocenters. The molecule has 4 aromatic rings. The number of methoxy groups -OCH3 is 2. The van der Waals surface area contributed by atoms with Crippen LogP contribution in [0, 0.1) is 11.3 Å². The summed E-state index contributed by atoms with van der Waals surface area (Å²) in [5, 5.41) is 14.0. The first-order chi connectivity index (χ1) is 17.1. The predicted molar refractivity (Wildman–Crippen MR) is 135 cm³/mol. The molecule has 8 heteroatoms. The van der Waals surface area contributed by atoms with Crippen LogP contribution in [0.25, 0.3) is 11.0 Å². The minimum atomic E-state index is -0.373. The SMILES string of the molecule is COc1ccc(NC(=O)c2cc3cccc(OC)c3oc2=Nc2sc3c(c2C#N)CCCC3)cc1. The third-order valence-electron chi connectivity index (χ3n) is 6.02. The Labute approximate surface area is 206 Å². The summed E-state index contributed by atoms with van der Waals surface area (Å²) in [6.07, 6.45) is 3.98. The number of hydrogen-bond acceptors (Lipinski definition) is 7. The largest absolute Gasteiger partial charge is 0.497 e. The van der Waals surface area contributed by atoms with Crippen LogP contribution in [-0.2, 0) is 12.8 Å². The smallest absolute Gasteiger partial charge is 0.261 e. The van der Waals surface area contributed by atoms with Crippen LogP contribution in [0.2, 0.25) is 0 Å². The third kappa shape index (κ3) is 4.38. The predicted octanol–water partition coefficient (Wildman–Crippen LogP) is 5.75. The van der Waals surface area contributed by atoms with Gasteiger partial charge in [-0.15, -0.1) is 11.3 Å². The number of aryl methyl sites for hydroxylation is 1. The molecule has 5 rings (SSSR count). The van der Waals surface area contributed by atoms with Crippen LogP contribution in [0.15, 0.2) is 57.9 Å². The van der Waals surface area contributed by atoms with Crippen molar-refractivity contribution in [1.82, 2.24) is 0 Å². The molecule has 0 fully saturated rings. The lowest BCUT2D eigenvalue weighted by atomic mass is 9.96. The van der Waals surface area contributed by atoms with E-state index in [1.165, 1.54) is 16.2 Å². The van der Waals surface area contributed by atoms with Gasteiger partial charge < -0.3 is 19.2 Å². The van der Waals surface area contributed by atoms with E-state index in [0.29, 0.717) is 38.7 Å². The maximum absolute atomic E-state index is 13.4. The number of fused-ring (bicyclic) bond motifs is 2. The average molecular weight is 486 g/mol. The van der Waals surface area contributed by atoms with E-state index < -0.39 is 0 Å². The molecule has 0 bridgehead atoms. The summed E-state index contributed by atoms with van der Waals surface area (Å²) >= 11 is 1.50. The first kappa shape index (κ1) is 22.7. The fourth-order valence-electron chi connectivity index (χ4n) is 4.24. The number of para-hydroxylation sites is 1. The van der Waals surface area contributed by atoms with Crippen molar-refractivity contribution in [2.45, 2.75) is 25.7 Å². The van der Waals surface area contributed by atoms with E-state index in [4.69, 9.17) is 18.9 Å². The first-order valence-electron chi connectivity index (χ1n) is 11.3. The molecule has 0 saturated heterocycles. The summed E-state index contributed by atoms with van der Waals surface area (Å²) in [5.41, 5.74) is 3.12. The average Bonchev–Trinajstić information content (AvgIpc) is 3.25. The Morgan fingerprint density at radius 3 is 2.66 bits per heavy atom. The van der Waals surface area contributed by atoms with Gasteiger partial charge in [-0.05, 0) is 67.6 Å². The van der Waals surface area contributed by atoms with E-state index in [-0.39, 0.29) is 17.0 Å². The number of ether oxygens (including phenoxy) is 2. The molecule has 1 amide bonds. The molecule has 0 aliphatic heterocycles. The minimum Gasteiger partial charge on any atom is -0.497 e. The number of carbonyl (C=O) groups excluding carboxylic acids is 1. The molecule has 1 aliphatic carbocycles. The maximum Gasteiger partial charge on any atom is 0.261 e. The van der Waals surface area contributed by atoms with Crippen molar-refractivity contribution < 1.29 is 18.7 Å². The van der Waals surface area contributed by atoms with Crippen molar-refractivity contribution in [2.24, 2.45) is 4.99 Å². The third-order valence-corrected chi connectivity index (χ3v) is 7.20. The molecule has 176 valence electrons. The zero-order chi connectivity index (χ0) is 24.4. The van der Waals surface area contributed by atoms with Crippen LogP contribution >= 0.6 is 11.3 Å². The summed E-state index contributed by atoms with van der Waals surface area (Å²) in [6, 6.07) is 16.6. The Morgan fingerprint density at radius 2 is 1.91 bits per heavy atom. The number of rotatable bonds is 5. The highest BCUT2D eigenvalue weighted by atomic mass is 32.1. The lowest BCUT2D eigenvalue weighted by Crippen LogP contribution is -2.21. The van der Waals surface area contributed by atoms with Crippen molar-refractivity contribution in [3.05, 3.63) is 75.7 Å². The van der Waals surface area contributed by atoms with Gasteiger partial charge in [0.25, 0.3) is 5.91 Å². The molecule has 0 saturated carbocycles. The van der Waals surface area contributed by atoms with Gasteiger partial charge in [-0.25, -0.2) is 4.99 Å². The van der Waals surface area contributed by atoms with Gasteiger partial charge in [0.15, 0.2) is 11.3 Å². The Kier molecular flexibility index (Phi) is 6.25. The number of anilines is 1. The van der Waals surface area contributed by atoms with Gasteiger partial charge in [-0.1, -0.05) is 12.1 Å². The van der Waals surface area contributed by atoms with Gasteiger partial charge in [-0.3, -0.25) is 4.79 Å². The van der Waals surface area contributed by atoms with Gasteiger partial charge in [0.05, 0.1) is 19.8 Å². The number of benzene rings is 2. The zero-order valence-electron chi connectivity index (χ0n) is 19.4. The van der Waals surface area contributed by atoms with E-state index in [9.17, 15) is 10.1 Å². The molecule has 0 spiro atoms. The van der Waals surface area contributed by atoms with E-state index in [0.717, 1.165) is 31.2 Å². The Balaban J connectivity index is 1.67. The van der Waals surface area contributed by atoms with E-state index in [1.54, 1.807) is 50.6 Å². The van der Waals surface area contributed by atoms with Gasteiger partial charge >= 0.3 is 0 Å². The number of nitrogens with zero attached hydrogens (tertiary/aromatic N) is 2. The second-order valence-electron chi connectivity index (χ2n) is 8.14. The standard InChI is InChI=1S/C27H23N3O4S/c1-32-18-12-10-17(11-13-18)29-25(31)20-14-16-6-5-8-22(33-2)24(16)34-26(20)30-27-21(15-28)19-7-3-4-9-23(19)35-27/h5-6,8,10-14H,3-4,7,9H2,1-2H3,(H,29,31).